The maximum absolute atomic E-state index is 10.6. The monoisotopic (exact) mass is 227 g/mol. The number of aliphatic hydroxyl groups excluding tert-OH is 1. The van der Waals surface area contributed by atoms with Gasteiger partial charge in [-0.3, -0.25) is 0 Å². The van der Waals surface area contributed by atoms with E-state index in [-0.39, 0.29) is 0 Å². The number of ether oxygens (including phenoxy) is 1. The second-order valence-corrected chi connectivity index (χ2v) is 3.68. The lowest BCUT2D eigenvalue weighted by Gasteiger charge is -2.21. The lowest BCUT2D eigenvalue weighted by atomic mass is 9.98. The van der Waals surface area contributed by atoms with Crippen LogP contribution in [0.5, 0.6) is 0 Å². The number of primary amides is 1. The first-order valence-electron chi connectivity index (χ1n) is 5.40. The summed E-state index contributed by atoms with van der Waals surface area (Å²) < 4.78 is 4.75. The van der Waals surface area contributed by atoms with Crippen molar-refractivity contribution < 1.29 is 14.6 Å². The average Bonchev–Trinajstić information content (AvgIpc) is 2.23. The van der Waals surface area contributed by atoms with E-state index < -0.39 is 18.3 Å². The fourth-order valence-corrected chi connectivity index (χ4v) is 1.38. The predicted octanol–water partition coefficient (Wildman–Crippen LogP) is 2.13. The highest BCUT2D eigenvalue weighted by molar-refractivity contribution is 5.64. The first-order chi connectivity index (χ1) is 7.43. The molecule has 92 valence electrons. The Morgan fingerprint density at radius 2 is 2.12 bits per heavy atom. The molecule has 4 heteroatoms. The molecule has 0 saturated carbocycles. The smallest absolute Gasteiger partial charge is 0.404 e. The summed E-state index contributed by atoms with van der Waals surface area (Å²) in [5.41, 5.74) is 6.74. The first kappa shape index (κ1) is 14.7. The van der Waals surface area contributed by atoms with Crippen molar-refractivity contribution in [1.82, 2.24) is 0 Å². The van der Waals surface area contributed by atoms with Gasteiger partial charge in [-0.15, -0.1) is 0 Å². The van der Waals surface area contributed by atoms with E-state index in [4.69, 9.17) is 10.5 Å². The van der Waals surface area contributed by atoms with Crippen molar-refractivity contribution in [1.29, 1.82) is 0 Å². The van der Waals surface area contributed by atoms with E-state index in [2.05, 4.69) is 0 Å². The van der Waals surface area contributed by atoms with Crippen LogP contribution in [-0.4, -0.2) is 23.4 Å². The van der Waals surface area contributed by atoms with Gasteiger partial charge in [0, 0.05) is 0 Å². The second kappa shape index (κ2) is 7.06. The van der Waals surface area contributed by atoms with Crippen LogP contribution in [0, 0.1) is 0 Å². The van der Waals surface area contributed by atoms with E-state index in [0.717, 1.165) is 17.6 Å². The number of nitrogens with two attached hydrogens (primary N) is 1. The van der Waals surface area contributed by atoms with Crippen LogP contribution in [-0.2, 0) is 4.74 Å². The molecule has 2 unspecified atom stereocenters. The van der Waals surface area contributed by atoms with E-state index in [1.54, 1.807) is 6.92 Å². The molecule has 0 aliphatic rings. The minimum Gasteiger partial charge on any atom is -0.444 e. The molecular weight excluding hydrogens is 206 g/mol. The number of carbonyl (C=O) groups excluding carboxylic acids is 1. The maximum atomic E-state index is 10.6. The number of rotatable bonds is 5. The molecule has 16 heavy (non-hydrogen) atoms. The Kier molecular flexibility index (Phi) is 6.49. The SMILES string of the molecule is CC=CC(=C(C)CC)C(O)C(C)OC(N)=O. The Hall–Kier alpha value is -1.29. The summed E-state index contributed by atoms with van der Waals surface area (Å²) in [7, 11) is 0. The highest BCUT2D eigenvalue weighted by Crippen LogP contribution is 2.18. The minimum absolute atomic E-state index is 0.648. The van der Waals surface area contributed by atoms with Gasteiger partial charge in [0.2, 0.25) is 0 Å². The van der Waals surface area contributed by atoms with Gasteiger partial charge in [0.15, 0.2) is 0 Å². The molecule has 0 radical (unpaired) electrons. The number of aliphatic hydroxyl groups is 1. The van der Waals surface area contributed by atoms with Gasteiger partial charge in [-0.2, -0.15) is 0 Å². The highest BCUT2D eigenvalue weighted by atomic mass is 16.6. The van der Waals surface area contributed by atoms with Crippen LogP contribution in [0.15, 0.2) is 23.3 Å². The van der Waals surface area contributed by atoms with Gasteiger partial charge in [-0.05, 0) is 32.8 Å². The van der Waals surface area contributed by atoms with Gasteiger partial charge in [0.1, 0.15) is 12.2 Å². The van der Waals surface area contributed by atoms with E-state index in [1.165, 1.54) is 0 Å². The van der Waals surface area contributed by atoms with Crippen molar-refractivity contribution in [2.75, 3.05) is 0 Å². The lowest BCUT2D eigenvalue weighted by molar-refractivity contribution is 0.0363. The van der Waals surface area contributed by atoms with Gasteiger partial charge in [0.05, 0.1) is 0 Å². The molecule has 0 spiro atoms. The molecule has 0 aliphatic heterocycles. The van der Waals surface area contributed by atoms with E-state index in [0.29, 0.717) is 0 Å². The van der Waals surface area contributed by atoms with Crippen LogP contribution in [0.4, 0.5) is 4.79 Å². The fraction of sp³-hybridized carbons (Fsp3) is 0.583. The second-order valence-electron chi connectivity index (χ2n) is 3.68. The zero-order chi connectivity index (χ0) is 12.7. The van der Waals surface area contributed by atoms with Gasteiger partial charge in [-0.25, -0.2) is 4.79 Å². The Labute approximate surface area is 96.8 Å². The maximum Gasteiger partial charge on any atom is 0.404 e. The molecule has 0 bridgehead atoms. The zero-order valence-corrected chi connectivity index (χ0v) is 10.4. The van der Waals surface area contributed by atoms with Gasteiger partial charge in [-0.1, -0.05) is 24.6 Å². The van der Waals surface area contributed by atoms with Crippen molar-refractivity contribution in [2.24, 2.45) is 5.73 Å². The average molecular weight is 227 g/mol. The van der Waals surface area contributed by atoms with Crippen molar-refractivity contribution in [3.05, 3.63) is 23.3 Å². The van der Waals surface area contributed by atoms with Crippen LogP contribution >= 0.6 is 0 Å². The summed E-state index contributed by atoms with van der Waals surface area (Å²) in [6, 6.07) is 0. The Morgan fingerprint density at radius 3 is 2.50 bits per heavy atom. The number of hydrogen-bond acceptors (Lipinski definition) is 3. The topological polar surface area (TPSA) is 72.6 Å². The number of hydrogen-bond donors (Lipinski definition) is 2. The highest BCUT2D eigenvalue weighted by Gasteiger charge is 2.21. The third-order valence-electron chi connectivity index (χ3n) is 2.43. The van der Waals surface area contributed by atoms with Crippen molar-refractivity contribution in [2.45, 2.75) is 46.3 Å². The Balaban J connectivity index is 4.88. The normalized spacial score (nSPS) is 16.8. The standard InChI is InChI=1S/C12H21NO3/c1-5-7-10(8(3)6-2)11(14)9(4)16-12(13)15/h5,7,9,11,14H,6H2,1-4H3,(H2,13,15). The van der Waals surface area contributed by atoms with Crippen LogP contribution in [0.3, 0.4) is 0 Å². The molecule has 0 aromatic rings. The summed E-state index contributed by atoms with van der Waals surface area (Å²) in [4.78, 5) is 10.6. The van der Waals surface area contributed by atoms with Gasteiger partial charge in [0.25, 0.3) is 0 Å². The molecule has 0 heterocycles. The minimum atomic E-state index is -0.875. The van der Waals surface area contributed by atoms with Crippen LogP contribution < -0.4 is 5.73 Å². The largest absolute Gasteiger partial charge is 0.444 e. The van der Waals surface area contributed by atoms with Gasteiger partial charge < -0.3 is 15.6 Å². The zero-order valence-electron chi connectivity index (χ0n) is 10.4. The molecule has 0 aromatic carbocycles. The Morgan fingerprint density at radius 1 is 1.56 bits per heavy atom. The summed E-state index contributed by atoms with van der Waals surface area (Å²) in [5, 5.41) is 10.0. The molecule has 0 fully saturated rings. The van der Waals surface area contributed by atoms with Crippen molar-refractivity contribution in [3.8, 4) is 0 Å². The fourth-order valence-electron chi connectivity index (χ4n) is 1.38. The third-order valence-corrected chi connectivity index (χ3v) is 2.43. The summed E-state index contributed by atoms with van der Waals surface area (Å²) in [6.07, 6.45) is 2.13. The molecule has 0 saturated heterocycles. The third kappa shape index (κ3) is 4.49. The summed E-state index contributed by atoms with van der Waals surface area (Å²) in [5.74, 6) is 0. The van der Waals surface area contributed by atoms with E-state index >= 15 is 0 Å². The summed E-state index contributed by atoms with van der Waals surface area (Å²) in [6.45, 7) is 7.43. The van der Waals surface area contributed by atoms with Crippen LogP contribution in [0.25, 0.3) is 0 Å². The molecule has 3 N–H and O–H groups in total. The first-order valence-corrected chi connectivity index (χ1v) is 5.40. The molecule has 0 rings (SSSR count). The van der Waals surface area contributed by atoms with E-state index in [1.807, 2.05) is 32.9 Å². The van der Waals surface area contributed by atoms with Gasteiger partial charge >= 0.3 is 6.09 Å². The van der Waals surface area contributed by atoms with Crippen LogP contribution in [0.1, 0.15) is 34.1 Å². The molecule has 0 aliphatic carbocycles. The number of carbonyl (C=O) groups is 1. The quantitative estimate of drug-likeness (QED) is 0.707. The molecule has 0 aromatic heterocycles. The Bertz CT molecular complexity index is 295. The number of allylic oxidation sites excluding steroid dienone is 2. The lowest BCUT2D eigenvalue weighted by Crippen LogP contribution is -2.32. The molecule has 2 atom stereocenters. The van der Waals surface area contributed by atoms with Crippen molar-refractivity contribution in [3.63, 3.8) is 0 Å². The molecule has 1 amide bonds. The van der Waals surface area contributed by atoms with Crippen molar-refractivity contribution >= 4 is 6.09 Å². The molecular formula is C12H21NO3. The summed E-state index contributed by atoms with van der Waals surface area (Å²) >= 11 is 0. The van der Waals surface area contributed by atoms with Crippen LogP contribution in [0.2, 0.25) is 0 Å². The molecule has 4 nitrogen and oxygen atoms in total. The van der Waals surface area contributed by atoms with E-state index in [9.17, 15) is 9.90 Å². The predicted molar refractivity (Wildman–Crippen MR) is 63.9 cm³/mol. The number of amides is 1.